The monoisotopic (exact) mass is 205 g/mol. The highest BCUT2D eigenvalue weighted by atomic mass is 14.9. The quantitative estimate of drug-likeness (QED) is 0.694. The first kappa shape index (κ1) is 10.9. The van der Waals surface area contributed by atoms with Gasteiger partial charge in [-0.15, -0.1) is 0 Å². The number of rotatable bonds is 4. The lowest BCUT2D eigenvalue weighted by Gasteiger charge is -2.20. The molecule has 0 saturated heterocycles. The summed E-state index contributed by atoms with van der Waals surface area (Å²) in [6.07, 6.45) is 17.6. The third-order valence-corrected chi connectivity index (χ3v) is 3.52. The van der Waals surface area contributed by atoms with E-state index in [1.54, 1.807) is 0 Å². The number of hydrogen-bond acceptors (Lipinski definition) is 1. The molecule has 15 heavy (non-hydrogen) atoms. The molecule has 0 aliphatic heterocycles. The predicted octanol–water partition coefficient (Wildman–Crippen LogP) is 3.29. The van der Waals surface area contributed by atoms with Gasteiger partial charge in [0.15, 0.2) is 0 Å². The molecule has 0 amide bonds. The summed E-state index contributed by atoms with van der Waals surface area (Å²) in [7, 11) is 0. The maximum atomic E-state index is 3.62. The summed E-state index contributed by atoms with van der Waals surface area (Å²) >= 11 is 0. The van der Waals surface area contributed by atoms with Crippen LogP contribution in [0.4, 0.5) is 0 Å². The minimum Gasteiger partial charge on any atom is -0.316 e. The van der Waals surface area contributed by atoms with Gasteiger partial charge in [0.25, 0.3) is 0 Å². The maximum absolute atomic E-state index is 3.62. The summed E-state index contributed by atoms with van der Waals surface area (Å²) in [6.45, 7) is 2.36. The van der Waals surface area contributed by atoms with Crippen LogP contribution in [0, 0.1) is 11.8 Å². The highest BCUT2D eigenvalue weighted by molar-refractivity contribution is 4.96. The van der Waals surface area contributed by atoms with Crippen LogP contribution < -0.4 is 5.32 Å². The van der Waals surface area contributed by atoms with Gasteiger partial charge in [-0.05, 0) is 50.4 Å². The first-order valence-corrected chi connectivity index (χ1v) is 6.49. The third-order valence-electron chi connectivity index (χ3n) is 3.52. The molecule has 1 N–H and O–H groups in total. The Labute approximate surface area is 93.6 Å². The van der Waals surface area contributed by atoms with Crippen molar-refractivity contribution in [2.45, 2.75) is 38.5 Å². The Hall–Kier alpha value is -0.560. The van der Waals surface area contributed by atoms with Gasteiger partial charge in [-0.2, -0.15) is 0 Å². The van der Waals surface area contributed by atoms with Crippen LogP contribution in [-0.4, -0.2) is 13.1 Å². The van der Waals surface area contributed by atoms with E-state index in [0.717, 1.165) is 11.8 Å². The van der Waals surface area contributed by atoms with E-state index >= 15 is 0 Å². The van der Waals surface area contributed by atoms with E-state index in [9.17, 15) is 0 Å². The molecule has 0 spiro atoms. The minimum atomic E-state index is 0.798. The molecule has 1 nitrogen and oxygen atoms in total. The van der Waals surface area contributed by atoms with Crippen molar-refractivity contribution in [3.05, 3.63) is 24.3 Å². The Balaban J connectivity index is 1.61. The van der Waals surface area contributed by atoms with Gasteiger partial charge in [-0.25, -0.2) is 0 Å². The fraction of sp³-hybridized carbons (Fsp3) is 0.714. The van der Waals surface area contributed by atoms with Crippen molar-refractivity contribution in [3.8, 4) is 0 Å². The maximum Gasteiger partial charge on any atom is 0.00144 e. The lowest BCUT2D eigenvalue weighted by atomic mass is 9.94. The van der Waals surface area contributed by atoms with Crippen molar-refractivity contribution in [1.29, 1.82) is 0 Å². The van der Waals surface area contributed by atoms with Crippen molar-refractivity contribution >= 4 is 0 Å². The summed E-state index contributed by atoms with van der Waals surface area (Å²) in [6, 6.07) is 0. The zero-order valence-electron chi connectivity index (χ0n) is 9.62. The highest BCUT2D eigenvalue weighted by Gasteiger charge is 2.10. The van der Waals surface area contributed by atoms with E-state index in [1.165, 1.54) is 51.6 Å². The molecule has 2 unspecified atom stereocenters. The minimum absolute atomic E-state index is 0.798. The zero-order valence-corrected chi connectivity index (χ0v) is 9.62. The van der Waals surface area contributed by atoms with Crippen molar-refractivity contribution in [2.75, 3.05) is 13.1 Å². The molecule has 2 rings (SSSR count). The summed E-state index contributed by atoms with van der Waals surface area (Å²) in [4.78, 5) is 0. The molecule has 0 fully saturated rings. The smallest absolute Gasteiger partial charge is 0.00144 e. The van der Waals surface area contributed by atoms with Crippen molar-refractivity contribution in [3.63, 3.8) is 0 Å². The van der Waals surface area contributed by atoms with Gasteiger partial charge in [0.05, 0.1) is 0 Å². The van der Waals surface area contributed by atoms with Gasteiger partial charge in [-0.1, -0.05) is 24.3 Å². The third kappa shape index (κ3) is 3.83. The summed E-state index contributed by atoms with van der Waals surface area (Å²) in [5.41, 5.74) is 0. The van der Waals surface area contributed by atoms with Gasteiger partial charge in [0, 0.05) is 13.1 Å². The second kappa shape index (κ2) is 6.12. The molecule has 1 heteroatoms. The van der Waals surface area contributed by atoms with E-state index in [4.69, 9.17) is 0 Å². The molecule has 2 atom stereocenters. The van der Waals surface area contributed by atoms with E-state index in [2.05, 4.69) is 29.6 Å². The number of hydrogen-bond donors (Lipinski definition) is 1. The van der Waals surface area contributed by atoms with Gasteiger partial charge in [-0.3, -0.25) is 0 Å². The van der Waals surface area contributed by atoms with Crippen LogP contribution in [0.3, 0.4) is 0 Å². The topological polar surface area (TPSA) is 12.0 Å². The van der Waals surface area contributed by atoms with Crippen molar-refractivity contribution < 1.29 is 0 Å². The first-order chi connectivity index (χ1) is 7.45. The summed E-state index contributed by atoms with van der Waals surface area (Å²) < 4.78 is 0. The van der Waals surface area contributed by atoms with Crippen LogP contribution in [0.5, 0.6) is 0 Å². The van der Waals surface area contributed by atoms with Crippen LogP contribution in [0.2, 0.25) is 0 Å². The Bertz CT molecular complexity index is 205. The van der Waals surface area contributed by atoms with E-state index < -0.39 is 0 Å². The van der Waals surface area contributed by atoms with E-state index in [-0.39, 0.29) is 0 Å². The second-order valence-corrected chi connectivity index (χ2v) is 4.90. The molecule has 0 bridgehead atoms. The summed E-state index contributed by atoms with van der Waals surface area (Å²) in [5.74, 6) is 1.60. The average Bonchev–Trinajstić information content (AvgIpc) is 2.32. The van der Waals surface area contributed by atoms with Gasteiger partial charge >= 0.3 is 0 Å². The molecular formula is C14H23N. The molecule has 2 aliphatic carbocycles. The van der Waals surface area contributed by atoms with E-state index in [0.29, 0.717) is 0 Å². The zero-order chi connectivity index (χ0) is 10.3. The van der Waals surface area contributed by atoms with Crippen LogP contribution in [0.15, 0.2) is 24.3 Å². The van der Waals surface area contributed by atoms with Crippen LogP contribution in [0.1, 0.15) is 38.5 Å². The Morgan fingerprint density at radius 1 is 0.867 bits per heavy atom. The SMILES string of the molecule is C1=CC(CNCC2C=CCCC2)CCC1. The fourth-order valence-electron chi connectivity index (χ4n) is 2.56. The summed E-state index contributed by atoms with van der Waals surface area (Å²) in [5, 5.41) is 3.62. The normalized spacial score (nSPS) is 30.7. The molecule has 0 radical (unpaired) electrons. The molecular weight excluding hydrogens is 182 g/mol. The molecule has 0 aromatic heterocycles. The van der Waals surface area contributed by atoms with Gasteiger partial charge in [0.2, 0.25) is 0 Å². The predicted molar refractivity (Wildman–Crippen MR) is 65.8 cm³/mol. The van der Waals surface area contributed by atoms with Crippen molar-refractivity contribution in [1.82, 2.24) is 5.32 Å². The van der Waals surface area contributed by atoms with Crippen LogP contribution >= 0.6 is 0 Å². The Morgan fingerprint density at radius 3 is 1.80 bits per heavy atom. The standard InChI is InChI=1S/C14H23N/c1-3-7-13(8-4-1)11-15-12-14-9-5-2-6-10-14/h3,5,7,9,13-15H,1-2,4,6,8,10-12H2. The molecule has 0 aromatic carbocycles. The number of nitrogens with one attached hydrogen (secondary N) is 1. The molecule has 0 heterocycles. The number of allylic oxidation sites excluding steroid dienone is 2. The first-order valence-electron chi connectivity index (χ1n) is 6.49. The molecule has 2 aliphatic rings. The molecule has 0 aromatic rings. The second-order valence-electron chi connectivity index (χ2n) is 4.90. The lowest BCUT2D eigenvalue weighted by molar-refractivity contribution is 0.446. The van der Waals surface area contributed by atoms with Gasteiger partial charge in [0.1, 0.15) is 0 Å². The Morgan fingerprint density at radius 2 is 1.40 bits per heavy atom. The lowest BCUT2D eigenvalue weighted by Crippen LogP contribution is -2.28. The van der Waals surface area contributed by atoms with Crippen LogP contribution in [0.25, 0.3) is 0 Å². The van der Waals surface area contributed by atoms with Crippen LogP contribution in [-0.2, 0) is 0 Å². The average molecular weight is 205 g/mol. The van der Waals surface area contributed by atoms with Crippen molar-refractivity contribution in [2.24, 2.45) is 11.8 Å². The largest absolute Gasteiger partial charge is 0.316 e. The molecule has 0 saturated carbocycles. The van der Waals surface area contributed by atoms with E-state index in [1.807, 2.05) is 0 Å². The van der Waals surface area contributed by atoms with Gasteiger partial charge < -0.3 is 5.32 Å². The highest BCUT2D eigenvalue weighted by Crippen LogP contribution is 2.18. The fourth-order valence-corrected chi connectivity index (χ4v) is 2.56. The Kier molecular flexibility index (Phi) is 4.46. The molecule has 84 valence electrons.